The summed E-state index contributed by atoms with van der Waals surface area (Å²) in [5.74, 6) is 0.912. The molecule has 3 heteroatoms. The van der Waals surface area contributed by atoms with Crippen molar-refractivity contribution in [3.63, 3.8) is 0 Å². The maximum atomic E-state index is 5.87. The first-order chi connectivity index (χ1) is 6.25. The van der Waals surface area contributed by atoms with Crippen LogP contribution in [0.15, 0.2) is 30.5 Å². The zero-order valence-electron chi connectivity index (χ0n) is 7.21. The SMILES string of the molecule is Cc1ncc(-c2cccc(Cl)c2)[nH]1. The van der Waals surface area contributed by atoms with Crippen LogP contribution in [-0.4, -0.2) is 9.97 Å². The molecule has 0 bridgehead atoms. The molecule has 2 rings (SSSR count). The van der Waals surface area contributed by atoms with Gasteiger partial charge in [0.2, 0.25) is 0 Å². The average Bonchev–Trinajstić information content (AvgIpc) is 2.52. The van der Waals surface area contributed by atoms with Crippen LogP contribution in [0.2, 0.25) is 5.02 Å². The minimum atomic E-state index is 0.741. The second-order valence-electron chi connectivity index (χ2n) is 2.89. The molecular formula is C10H9ClN2. The molecule has 0 fully saturated rings. The lowest BCUT2D eigenvalue weighted by Gasteiger charge is -1.96. The second kappa shape index (κ2) is 3.23. The number of imidazole rings is 1. The van der Waals surface area contributed by atoms with Gasteiger partial charge in [0, 0.05) is 10.6 Å². The minimum Gasteiger partial charge on any atom is -0.342 e. The fraction of sp³-hybridized carbons (Fsp3) is 0.100. The molecule has 0 radical (unpaired) electrons. The van der Waals surface area contributed by atoms with Crippen molar-refractivity contribution in [2.45, 2.75) is 6.92 Å². The highest BCUT2D eigenvalue weighted by Gasteiger charge is 2.00. The van der Waals surface area contributed by atoms with Crippen molar-refractivity contribution in [3.8, 4) is 11.3 Å². The molecule has 0 aliphatic carbocycles. The number of nitrogens with one attached hydrogen (secondary N) is 1. The summed E-state index contributed by atoms with van der Waals surface area (Å²) in [4.78, 5) is 7.27. The van der Waals surface area contributed by atoms with Crippen LogP contribution in [0.25, 0.3) is 11.3 Å². The number of rotatable bonds is 1. The van der Waals surface area contributed by atoms with E-state index in [0.29, 0.717) is 0 Å². The van der Waals surface area contributed by atoms with Crippen molar-refractivity contribution < 1.29 is 0 Å². The fourth-order valence-corrected chi connectivity index (χ4v) is 1.41. The lowest BCUT2D eigenvalue weighted by Crippen LogP contribution is -1.77. The number of nitrogens with zero attached hydrogens (tertiary/aromatic N) is 1. The van der Waals surface area contributed by atoms with E-state index in [-0.39, 0.29) is 0 Å². The van der Waals surface area contributed by atoms with E-state index >= 15 is 0 Å². The van der Waals surface area contributed by atoms with Crippen molar-refractivity contribution in [2.24, 2.45) is 0 Å². The molecule has 1 N–H and O–H groups in total. The molecule has 0 amide bonds. The third-order valence-electron chi connectivity index (χ3n) is 1.84. The first-order valence-electron chi connectivity index (χ1n) is 4.03. The predicted molar refractivity (Wildman–Crippen MR) is 53.8 cm³/mol. The van der Waals surface area contributed by atoms with Gasteiger partial charge in [-0.15, -0.1) is 0 Å². The van der Waals surface area contributed by atoms with E-state index in [4.69, 9.17) is 11.6 Å². The van der Waals surface area contributed by atoms with Gasteiger partial charge in [0.15, 0.2) is 0 Å². The molecule has 13 heavy (non-hydrogen) atoms. The van der Waals surface area contributed by atoms with Gasteiger partial charge in [-0.05, 0) is 19.1 Å². The smallest absolute Gasteiger partial charge is 0.103 e. The van der Waals surface area contributed by atoms with Crippen LogP contribution in [0.3, 0.4) is 0 Å². The van der Waals surface area contributed by atoms with Crippen LogP contribution >= 0.6 is 11.6 Å². The van der Waals surface area contributed by atoms with Crippen LogP contribution < -0.4 is 0 Å². The normalized spacial score (nSPS) is 10.3. The summed E-state index contributed by atoms with van der Waals surface area (Å²) >= 11 is 5.87. The van der Waals surface area contributed by atoms with E-state index < -0.39 is 0 Å². The number of hydrogen-bond donors (Lipinski definition) is 1. The third-order valence-corrected chi connectivity index (χ3v) is 2.07. The standard InChI is InChI=1S/C10H9ClN2/c1-7-12-6-10(13-7)8-3-2-4-9(11)5-8/h2-6H,1H3,(H,12,13). The first kappa shape index (κ1) is 8.32. The molecular weight excluding hydrogens is 184 g/mol. The summed E-state index contributed by atoms with van der Waals surface area (Å²) in [6, 6.07) is 7.69. The Morgan fingerprint density at radius 2 is 2.23 bits per heavy atom. The zero-order chi connectivity index (χ0) is 9.26. The number of benzene rings is 1. The molecule has 1 heterocycles. The van der Waals surface area contributed by atoms with Gasteiger partial charge >= 0.3 is 0 Å². The van der Waals surface area contributed by atoms with Gasteiger partial charge < -0.3 is 4.98 Å². The Morgan fingerprint density at radius 3 is 2.85 bits per heavy atom. The maximum absolute atomic E-state index is 5.87. The average molecular weight is 193 g/mol. The van der Waals surface area contributed by atoms with Crippen LogP contribution in [-0.2, 0) is 0 Å². The van der Waals surface area contributed by atoms with Crippen molar-refractivity contribution in [1.82, 2.24) is 9.97 Å². The zero-order valence-corrected chi connectivity index (χ0v) is 7.97. The molecule has 1 aromatic carbocycles. The number of H-pyrrole nitrogens is 1. The Bertz CT molecular complexity index is 420. The van der Waals surface area contributed by atoms with Crippen molar-refractivity contribution >= 4 is 11.6 Å². The van der Waals surface area contributed by atoms with Crippen molar-refractivity contribution in [3.05, 3.63) is 41.3 Å². The van der Waals surface area contributed by atoms with Crippen molar-refractivity contribution in [2.75, 3.05) is 0 Å². The Labute approximate surface area is 81.6 Å². The van der Waals surface area contributed by atoms with Gasteiger partial charge in [0.1, 0.15) is 5.82 Å². The van der Waals surface area contributed by atoms with Crippen molar-refractivity contribution in [1.29, 1.82) is 0 Å². The van der Waals surface area contributed by atoms with E-state index in [2.05, 4.69) is 9.97 Å². The molecule has 66 valence electrons. The van der Waals surface area contributed by atoms with E-state index in [9.17, 15) is 0 Å². The van der Waals surface area contributed by atoms with E-state index in [1.165, 1.54) is 0 Å². The molecule has 0 unspecified atom stereocenters. The molecule has 0 atom stereocenters. The summed E-state index contributed by atoms with van der Waals surface area (Å²) in [7, 11) is 0. The summed E-state index contributed by atoms with van der Waals surface area (Å²) in [6.45, 7) is 1.92. The van der Waals surface area contributed by atoms with Crippen LogP contribution in [0.1, 0.15) is 5.82 Å². The number of halogens is 1. The first-order valence-corrected chi connectivity index (χ1v) is 4.41. The van der Waals surface area contributed by atoms with Gasteiger partial charge in [-0.25, -0.2) is 4.98 Å². The van der Waals surface area contributed by atoms with E-state index in [1.807, 2.05) is 31.2 Å². The molecule has 2 aromatic rings. The summed E-state index contributed by atoms with van der Waals surface area (Å²) in [5, 5.41) is 0.741. The topological polar surface area (TPSA) is 28.7 Å². The highest BCUT2D eigenvalue weighted by Crippen LogP contribution is 2.20. The lowest BCUT2D eigenvalue weighted by molar-refractivity contribution is 1.15. The number of aryl methyl sites for hydroxylation is 1. The van der Waals surface area contributed by atoms with Crippen LogP contribution in [0.4, 0.5) is 0 Å². The maximum Gasteiger partial charge on any atom is 0.103 e. The number of aromatic amines is 1. The number of hydrogen-bond acceptors (Lipinski definition) is 1. The molecule has 2 nitrogen and oxygen atoms in total. The van der Waals surface area contributed by atoms with Gasteiger partial charge in [0.25, 0.3) is 0 Å². The van der Waals surface area contributed by atoms with E-state index in [0.717, 1.165) is 22.1 Å². The lowest BCUT2D eigenvalue weighted by atomic mass is 10.2. The second-order valence-corrected chi connectivity index (χ2v) is 3.33. The highest BCUT2D eigenvalue weighted by atomic mass is 35.5. The van der Waals surface area contributed by atoms with Gasteiger partial charge in [-0.3, -0.25) is 0 Å². The van der Waals surface area contributed by atoms with E-state index in [1.54, 1.807) is 6.20 Å². The van der Waals surface area contributed by atoms with Crippen LogP contribution in [0.5, 0.6) is 0 Å². The quantitative estimate of drug-likeness (QED) is 0.739. The summed E-state index contributed by atoms with van der Waals surface area (Å²) in [5.41, 5.74) is 2.06. The molecule has 0 saturated heterocycles. The molecule has 0 aliphatic heterocycles. The fourth-order valence-electron chi connectivity index (χ4n) is 1.22. The van der Waals surface area contributed by atoms with Gasteiger partial charge in [-0.2, -0.15) is 0 Å². The molecule has 0 spiro atoms. The molecule has 0 saturated carbocycles. The monoisotopic (exact) mass is 192 g/mol. The Hall–Kier alpha value is -1.28. The summed E-state index contributed by atoms with van der Waals surface area (Å²) in [6.07, 6.45) is 1.81. The Balaban J connectivity index is 2.46. The molecule has 0 aliphatic rings. The highest BCUT2D eigenvalue weighted by molar-refractivity contribution is 6.30. The predicted octanol–water partition coefficient (Wildman–Crippen LogP) is 3.04. The van der Waals surface area contributed by atoms with Gasteiger partial charge in [0.05, 0.1) is 11.9 Å². The van der Waals surface area contributed by atoms with Gasteiger partial charge in [-0.1, -0.05) is 23.7 Å². The third kappa shape index (κ3) is 1.73. The Kier molecular flexibility index (Phi) is 2.07. The largest absolute Gasteiger partial charge is 0.342 e. The minimum absolute atomic E-state index is 0.741. The number of aromatic nitrogens is 2. The van der Waals surface area contributed by atoms with Crippen LogP contribution in [0, 0.1) is 6.92 Å². The Morgan fingerprint density at radius 1 is 1.38 bits per heavy atom. The summed E-state index contributed by atoms with van der Waals surface area (Å²) < 4.78 is 0. The molecule has 1 aromatic heterocycles.